The zero-order valence-electron chi connectivity index (χ0n) is 16.9. The maximum absolute atomic E-state index is 14.4. The molecule has 5 heterocycles. The Morgan fingerprint density at radius 1 is 1.15 bits per heavy atom. The molecule has 8 nitrogen and oxygen atoms in total. The van der Waals surface area contributed by atoms with Gasteiger partial charge in [-0.1, -0.05) is 0 Å². The molecule has 1 saturated heterocycles. The zero-order valence-corrected chi connectivity index (χ0v) is 16.9. The average molecular weight is 468 g/mol. The first-order valence-corrected chi connectivity index (χ1v) is 10.1. The van der Waals surface area contributed by atoms with E-state index < -0.39 is 17.8 Å². The Morgan fingerprint density at radius 2 is 1.97 bits per heavy atom. The number of fused-ring (bicyclic) bond motifs is 3. The van der Waals surface area contributed by atoms with Gasteiger partial charge in [-0.2, -0.15) is 22.0 Å². The lowest BCUT2D eigenvalue weighted by Crippen LogP contribution is -2.35. The number of likely N-dealkylation sites (tertiary alicyclic amines) is 1. The van der Waals surface area contributed by atoms with Crippen molar-refractivity contribution < 1.29 is 31.5 Å². The number of pyridine rings is 2. The smallest absolute Gasteiger partial charge is 0.422 e. The van der Waals surface area contributed by atoms with Crippen LogP contribution in [0.15, 0.2) is 35.2 Å². The van der Waals surface area contributed by atoms with E-state index in [0.717, 1.165) is 12.5 Å². The summed E-state index contributed by atoms with van der Waals surface area (Å²) in [6.07, 6.45) is -2.76. The number of alkyl halides is 5. The van der Waals surface area contributed by atoms with E-state index in [-0.39, 0.29) is 35.4 Å². The van der Waals surface area contributed by atoms with E-state index in [1.54, 1.807) is 12.1 Å². The molecule has 1 aliphatic rings. The number of aliphatic hydroxyl groups excluding tert-OH is 1. The number of nitrogens with zero attached hydrogens (tertiary/aromatic N) is 6. The molecule has 1 N–H and O–H groups in total. The molecular weight excluding hydrogens is 451 g/mol. The van der Waals surface area contributed by atoms with Crippen LogP contribution in [0.25, 0.3) is 28.3 Å². The van der Waals surface area contributed by atoms with Crippen LogP contribution in [0.3, 0.4) is 0 Å². The van der Waals surface area contributed by atoms with Crippen LogP contribution < -0.4 is 0 Å². The fourth-order valence-corrected chi connectivity index (χ4v) is 4.22. The fourth-order valence-electron chi connectivity index (χ4n) is 4.22. The number of aromatic nitrogens is 5. The molecule has 0 saturated carbocycles. The Labute approximate surface area is 182 Å². The van der Waals surface area contributed by atoms with E-state index >= 15 is 0 Å². The summed E-state index contributed by atoms with van der Waals surface area (Å²) in [6.45, 7) is 1.33. The van der Waals surface area contributed by atoms with Crippen LogP contribution in [0, 0.1) is 0 Å². The van der Waals surface area contributed by atoms with Crippen LogP contribution in [-0.2, 0) is 5.92 Å². The molecule has 13 heteroatoms. The minimum absolute atomic E-state index is 0.0688. The predicted molar refractivity (Wildman–Crippen MR) is 105 cm³/mol. The van der Waals surface area contributed by atoms with Crippen molar-refractivity contribution in [2.45, 2.75) is 24.4 Å². The maximum Gasteiger partial charge on any atom is 0.459 e. The summed E-state index contributed by atoms with van der Waals surface area (Å²) < 4.78 is 74.9. The van der Waals surface area contributed by atoms with Crippen molar-refractivity contribution in [3.05, 3.63) is 42.0 Å². The number of halogens is 5. The first-order valence-electron chi connectivity index (χ1n) is 10.1. The third-order valence-electron chi connectivity index (χ3n) is 5.82. The van der Waals surface area contributed by atoms with E-state index in [4.69, 9.17) is 4.42 Å². The van der Waals surface area contributed by atoms with Gasteiger partial charge in [-0.25, -0.2) is 9.97 Å². The SMILES string of the molecule is OCCN1CCC(c2cc(C(F)(F)C(F)(F)F)nc3c2ccc2nc(-c4nnco4)cn23)C1. The molecule has 0 amide bonds. The van der Waals surface area contributed by atoms with Crippen LogP contribution >= 0.6 is 0 Å². The van der Waals surface area contributed by atoms with Crippen molar-refractivity contribution in [2.75, 3.05) is 26.2 Å². The Kier molecular flexibility index (Phi) is 5.05. The number of imidazole rings is 1. The van der Waals surface area contributed by atoms with Crippen molar-refractivity contribution in [1.29, 1.82) is 0 Å². The predicted octanol–water partition coefficient (Wildman–Crippen LogP) is 3.37. The standard InChI is InChI=1S/C20H17F5N6O2/c21-19(22,20(23,24)25)15-7-13(11-3-4-30(8-11)5-6-32)12-1-2-16-27-14(18-29-26-10-33-18)9-31(16)17(12)28-15/h1-2,7,9-11,32H,3-6,8H2. The third kappa shape index (κ3) is 3.60. The summed E-state index contributed by atoms with van der Waals surface area (Å²) in [5.41, 5.74) is -0.614. The second-order valence-corrected chi connectivity index (χ2v) is 7.85. The number of rotatable bonds is 5. The van der Waals surface area contributed by atoms with Gasteiger partial charge >= 0.3 is 12.1 Å². The molecule has 5 rings (SSSR count). The molecule has 1 fully saturated rings. The highest BCUT2D eigenvalue weighted by molar-refractivity contribution is 5.83. The van der Waals surface area contributed by atoms with Gasteiger partial charge < -0.3 is 14.4 Å². The number of hydrogen-bond acceptors (Lipinski definition) is 7. The molecule has 33 heavy (non-hydrogen) atoms. The van der Waals surface area contributed by atoms with Gasteiger partial charge in [-0.05, 0) is 42.6 Å². The highest BCUT2D eigenvalue weighted by Gasteiger charge is 2.60. The Morgan fingerprint density at radius 3 is 2.67 bits per heavy atom. The molecule has 1 atom stereocenters. The van der Waals surface area contributed by atoms with Crippen molar-refractivity contribution in [1.82, 2.24) is 29.5 Å². The molecule has 1 aliphatic heterocycles. The van der Waals surface area contributed by atoms with Crippen LogP contribution in [0.2, 0.25) is 0 Å². The molecule has 4 aromatic heterocycles. The number of aliphatic hydroxyl groups is 1. The normalized spacial score (nSPS) is 18.1. The van der Waals surface area contributed by atoms with Crippen molar-refractivity contribution >= 4 is 16.7 Å². The lowest BCUT2D eigenvalue weighted by Gasteiger charge is -2.22. The minimum Gasteiger partial charge on any atom is -0.422 e. The van der Waals surface area contributed by atoms with Crippen molar-refractivity contribution in [3.8, 4) is 11.6 Å². The van der Waals surface area contributed by atoms with Gasteiger partial charge in [0.15, 0.2) is 0 Å². The van der Waals surface area contributed by atoms with Gasteiger partial charge in [0.2, 0.25) is 6.39 Å². The highest BCUT2D eigenvalue weighted by atomic mass is 19.4. The van der Waals surface area contributed by atoms with Crippen molar-refractivity contribution in [2.24, 2.45) is 0 Å². The van der Waals surface area contributed by atoms with Gasteiger partial charge in [0.05, 0.1) is 6.61 Å². The summed E-state index contributed by atoms with van der Waals surface area (Å²) in [5.74, 6) is -5.38. The second kappa shape index (κ2) is 7.70. The lowest BCUT2D eigenvalue weighted by atomic mass is 9.94. The molecule has 0 radical (unpaired) electrons. The monoisotopic (exact) mass is 468 g/mol. The van der Waals surface area contributed by atoms with E-state index in [0.29, 0.717) is 37.0 Å². The highest BCUT2D eigenvalue weighted by Crippen LogP contribution is 2.45. The van der Waals surface area contributed by atoms with Crippen LogP contribution in [0.4, 0.5) is 22.0 Å². The Balaban J connectivity index is 1.73. The van der Waals surface area contributed by atoms with Crippen LogP contribution in [-0.4, -0.2) is 67.0 Å². The minimum atomic E-state index is -5.80. The largest absolute Gasteiger partial charge is 0.459 e. The Hall–Kier alpha value is -3.19. The first-order chi connectivity index (χ1) is 15.7. The number of hydrogen-bond donors (Lipinski definition) is 1. The molecule has 0 aromatic carbocycles. The molecule has 0 bridgehead atoms. The van der Waals surface area contributed by atoms with E-state index in [2.05, 4.69) is 20.2 Å². The molecule has 4 aromatic rings. The van der Waals surface area contributed by atoms with E-state index in [1.807, 2.05) is 4.90 Å². The van der Waals surface area contributed by atoms with E-state index in [1.165, 1.54) is 10.6 Å². The summed E-state index contributed by atoms with van der Waals surface area (Å²) in [7, 11) is 0. The van der Waals surface area contributed by atoms with E-state index in [9.17, 15) is 27.1 Å². The molecular formula is C20H17F5N6O2. The summed E-state index contributed by atoms with van der Waals surface area (Å²) in [4.78, 5) is 9.98. The van der Waals surface area contributed by atoms with Gasteiger partial charge in [-0.3, -0.25) is 4.40 Å². The fraction of sp³-hybridized carbons (Fsp3) is 0.400. The number of β-amino-alcohol motifs (C(OH)–C–C–N with tert-alkyl or cyclic N) is 1. The van der Waals surface area contributed by atoms with Crippen LogP contribution in [0.5, 0.6) is 0 Å². The summed E-state index contributed by atoms with van der Waals surface area (Å²) in [6, 6.07) is 4.09. The summed E-state index contributed by atoms with van der Waals surface area (Å²) >= 11 is 0. The zero-order chi connectivity index (χ0) is 23.4. The first kappa shape index (κ1) is 21.6. The van der Waals surface area contributed by atoms with Gasteiger partial charge in [0, 0.05) is 24.7 Å². The third-order valence-corrected chi connectivity index (χ3v) is 5.82. The topological polar surface area (TPSA) is 92.6 Å². The van der Waals surface area contributed by atoms with Crippen LogP contribution in [0.1, 0.15) is 23.6 Å². The molecule has 0 spiro atoms. The van der Waals surface area contributed by atoms with Gasteiger partial charge in [-0.15, -0.1) is 10.2 Å². The van der Waals surface area contributed by atoms with Gasteiger partial charge in [0.1, 0.15) is 22.7 Å². The Bertz CT molecular complexity index is 1300. The maximum atomic E-state index is 14.4. The lowest BCUT2D eigenvalue weighted by molar-refractivity contribution is -0.290. The van der Waals surface area contributed by atoms with Crippen molar-refractivity contribution in [3.63, 3.8) is 0 Å². The van der Waals surface area contributed by atoms with Gasteiger partial charge in [0.25, 0.3) is 5.89 Å². The second-order valence-electron chi connectivity index (χ2n) is 7.85. The quantitative estimate of drug-likeness (QED) is 0.449. The summed E-state index contributed by atoms with van der Waals surface area (Å²) in [5, 5.41) is 16.9. The molecule has 0 aliphatic carbocycles. The molecule has 174 valence electrons. The molecule has 1 unspecified atom stereocenters. The average Bonchev–Trinajstić information content (AvgIpc) is 3.52.